The van der Waals surface area contributed by atoms with Gasteiger partial charge in [-0.25, -0.2) is 0 Å². The Bertz CT molecular complexity index is 646. The number of nitrogens with zero attached hydrogens (tertiary/aromatic N) is 1. The lowest BCUT2D eigenvalue weighted by Gasteiger charge is -2.14. The summed E-state index contributed by atoms with van der Waals surface area (Å²) in [5, 5.41) is 8.92. The van der Waals surface area contributed by atoms with Crippen molar-refractivity contribution < 1.29 is 0 Å². The molecule has 1 aromatic carbocycles. The Kier molecular flexibility index (Phi) is 2.99. The average molecular weight is 254 g/mol. The SMILES string of the molecule is CC(Nc1cnc2ccccc2c1)c1ccsc1. The molecule has 1 atom stereocenters. The molecule has 0 aliphatic rings. The third-order valence-corrected chi connectivity index (χ3v) is 3.72. The highest BCUT2D eigenvalue weighted by Crippen LogP contribution is 2.22. The van der Waals surface area contributed by atoms with Gasteiger partial charge >= 0.3 is 0 Å². The van der Waals surface area contributed by atoms with E-state index in [1.807, 2.05) is 24.4 Å². The van der Waals surface area contributed by atoms with Crippen LogP contribution < -0.4 is 5.32 Å². The summed E-state index contributed by atoms with van der Waals surface area (Å²) in [6, 6.07) is 12.8. The van der Waals surface area contributed by atoms with Crippen molar-refractivity contribution in [2.75, 3.05) is 5.32 Å². The molecule has 3 rings (SSSR count). The predicted octanol–water partition coefficient (Wildman–Crippen LogP) is 4.47. The van der Waals surface area contributed by atoms with E-state index in [-0.39, 0.29) is 0 Å². The van der Waals surface area contributed by atoms with Crippen molar-refractivity contribution in [3.05, 3.63) is 58.9 Å². The average Bonchev–Trinajstić information content (AvgIpc) is 2.92. The molecule has 0 saturated carbocycles. The number of thiophene rings is 1. The minimum Gasteiger partial charge on any atom is -0.377 e. The Labute approximate surface area is 110 Å². The number of para-hydroxylation sites is 1. The molecule has 0 radical (unpaired) electrons. The minimum absolute atomic E-state index is 0.305. The molecule has 3 aromatic rings. The van der Waals surface area contributed by atoms with Crippen molar-refractivity contribution in [3.63, 3.8) is 0 Å². The molecule has 90 valence electrons. The molecule has 0 aliphatic carbocycles. The van der Waals surface area contributed by atoms with Gasteiger partial charge in [0, 0.05) is 11.4 Å². The molecule has 1 N–H and O–H groups in total. The molecule has 1 unspecified atom stereocenters. The lowest BCUT2D eigenvalue weighted by molar-refractivity contribution is 0.889. The van der Waals surface area contributed by atoms with Crippen LogP contribution in [0.1, 0.15) is 18.5 Å². The van der Waals surface area contributed by atoms with Gasteiger partial charge in [-0.15, -0.1) is 0 Å². The summed E-state index contributed by atoms with van der Waals surface area (Å²) < 4.78 is 0. The zero-order valence-electron chi connectivity index (χ0n) is 10.1. The third kappa shape index (κ3) is 2.22. The highest BCUT2D eigenvalue weighted by Gasteiger charge is 2.06. The molecular formula is C15H14N2S. The standard InChI is InChI=1S/C15H14N2S/c1-11(13-6-7-18-10-13)17-14-8-12-4-2-3-5-15(12)16-9-14/h2-11,17H,1H3. The highest BCUT2D eigenvalue weighted by molar-refractivity contribution is 7.07. The van der Waals surface area contributed by atoms with Crippen LogP contribution in [0.5, 0.6) is 0 Å². The van der Waals surface area contributed by atoms with Gasteiger partial charge in [0.05, 0.1) is 17.4 Å². The van der Waals surface area contributed by atoms with Crippen molar-refractivity contribution in [2.24, 2.45) is 0 Å². The summed E-state index contributed by atoms with van der Waals surface area (Å²) >= 11 is 1.73. The van der Waals surface area contributed by atoms with Gasteiger partial charge in [-0.1, -0.05) is 18.2 Å². The van der Waals surface area contributed by atoms with Crippen LogP contribution in [0.4, 0.5) is 5.69 Å². The van der Waals surface area contributed by atoms with E-state index in [9.17, 15) is 0 Å². The molecule has 0 aliphatic heterocycles. The number of hydrogen-bond acceptors (Lipinski definition) is 3. The fourth-order valence-electron chi connectivity index (χ4n) is 2.00. The summed E-state index contributed by atoms with van der Waals surface area (Å²) in [4.78, 5) is 4.46. The summed E-state index contributed by atoms with van der Waals surface area (Å²) in [6.45, 7) is 2.16. The van der Waals surface area contributed by atoms with Gasteiger partial charge in [0.25, 0.3) is 0 Å². The molecule has 2 heterocycles. The smallest absolute Gasteiger partial charge is 0.0703 e. The van der Waals surface area contributed by atoms with E-state index in [1.54, 1.807) is 11.3 Å². The maximum absolute atomic E-state index is 4.46. The summed E-state index contributed by atoms with van der Waals surface area (Å²) in [7, 11) is 0. The lowest BCUT2D eigenvalue weighted by Crippen LogP contribution is -2.05. The van der Waals surface area contributed by atoms with Crippen LogP contribution in [0.2, 0.25) is 0 Å². The van der Waals surface area contributed by atoms with E-state index in [1.165, 1.54) is 10.9 Å². The van der Waals surface area contributed by atoms with E-state index in [0.717, 1.165) is 11.2 Å². The molecule has 2 nitrogen and oxygen atoms in total. The van der Waals surface area contributed by atoms with Gasteiger partial charge in [0.15, 0.2) is 0 Å². The largest absolute Gasteiger partial charge is 0.377 e. The Morgan fingerprint density at radius 3 is 2.94 bits per heavy atom. The second-order valence-corrected chi connectivity index (χ2v) is 5.12. The fraction of sp³-hybridized carbons (Fsp3) is 0.133. The summed E-state index contributed by atoms with van der Waals surface area (Å²) in [6.07, 6.45) is 1.89. The molecule has 18 heavy (non-hydrogen) atoms. The number of aromatic nitrogens is 1. The summed E-state index contributed by atoms with van der Waals surface area (Å²) in [5.74, 6) is 0. The second-order valence-electron chi connectivity index (χ2n) is 4.34. The number of hydrogen-bond donors (Lipinski definition) is 1. The van der Waals surface area contributed by atoms with E-state index in [4.69, 9.17) is 0 Å². The second kappa shape index (κ2) is 4.78. The van der Waals surface area contributed by atoms with Crippen LogP contribution in [-0.4, -0.2) is 4.98 Å². The number of rotatable bonds is 3. The molecule has 0 spiro atoms. The van der Waals surface area contributed by atoms with Gasteiger partial charge in [-0.3, -0.25) is 4.98 Å². The molecular weight excluding hydrogens is 240 g/mol. The number of nitrogens with one attached hydrogen (secondary N) is 1. The third-order valence-electron chi connectivity index (χ3n) is 3.02. The first-order valence-electron chi connectivity index (χ1n) is 5.96. The number of pyridine rings is 1. The van der Waals surface area contributed by atoms with E-state index in [2.05, 4.69) is 46.2 Å². The van der Waals surface area contributed by atoms with Crippen molar-refractivity contribution in [1.29, 1.82) is 0 Å². The van der Waals surface area contributed by atoms with Crippen LogP contribution in [-0.2, 0) is 0 Å². The molecule has 3 heteroatoms. The van der Waals surface area contributed by atoms with Crippen LogP contribution in [0, 0.1) is 0 Å². The van der Waals surface area contributed by atoms with Crippen LogP contribution in [0.3, 0.4) is 0 Å². The predicted molar refractivity (Wildman–Crippen MR) is 78.1 cm³/mol. The zero-order valence-corrected chi connectivity index (χ0v) is 10.9. The fourth-order valence-corrected chi connectivity index (χ4v) is 2.76. The molecule has 0 saturated heterocycles. The maximum atomic E-state index is 4.46. The number of benzene rings is 1. The van der Waals surface area contributed by atoms with Crippen molar-refractivity contribution in [2.45, 2.75) is 13.0 Å². The Balaban J connectivity index is 1.86. The molecule has 0 amide bonds. The normalized spacial score (nSPS) is 12.5. The van der Waals surface area contributed by atoms with E-state index >= 15 is 0 Å². The van der Waals surface area contributed by atoms with Crippen molar-refractivity contribution in [3.8, 4) is 0 Å². The molecule has 2 aromatic heterocycles. The first-order chi connectivity index (χ1) is 8.83. The van der Waals surface area contributed by atoms with E-state index < -0.39 is 0 Å². The number of fused-ring (bicyclic) bond motifs is 1. The van der Waals surface area contributed by atoms with Crippen LogP contribution in [0.25, 0.3) is 10.9 Å². The Morgan fingerprint density at radius 1 is 1.22 bits per heavy atom. The van der Waals surface area contributed by atoms with Gasteiger partial charge in [0.1, 0.15) is 0 Å². The number of anilines is 1. The minimum atomic E-state index is 0.305. The summed E-state index contributed by atoms with van der Waals surface area (Å²) in [5.41, 5.74) is 3.41. The first kappa shape index (κ1) is 11.2. The zero-order chi connectivity index (χ0) is 12.4. The monoisotopic (exact) mass is 254 g/mol. The van der Waals surface area contributed by atoms with Crippen molar-refractivity contribution in [1.82, 2.24) is 4.98 Å². The maximum Gasteiger partial charge on any atom is 0.0703 e. The van der Waals surface area contributed by atoms with Crippen LogP contribution in [0.15, 0.2) is 53.4 Å². The Morgan fingerprint density at radius 2 is 2.11 bits per heavy atom. The first-order valence-corrected chi connectivity index (χ1v) is 6.90. The lowest BCUT2D eigenvalue weighted by atomic mass is 10.1. The highest BCUT2D eigenvalue weighted by atomic mass is 32.1. The van der Waals surface area contributed by atoms with E-state index in [0.29, 0.717) is 6.04 Å². The molecule has 0 fully saturated rings. The van der Waals surface area contributed by atoms with Crippen molar-refractivity contribution >= 4 is 27.9 Å². The Hall–Kier alpha value is -1.87. The topological polar surface area (TPSA) is 24.9 Å². The van der Waals surface area contributed by atoms with Gasteiger partial charge in [0.2, 0.25) is 0 Å². The van der Waals surface area contributed by atoms with Gasteiger partial charge in [-0.2, -0.15) is 11.3 Å². The quantitative estimate of drug-likeness (QED) is 0.746. The van der Waals surface area contributed by atoms with Gasteiger partial charge in [-0.05, 0) is 41.4 Å². The molecule has 0 bridgehead atoms. The van der Waals surface area contributed by atoms with Crippen LogP contribution >= 0.6 is 11.3 Å². The van der Waals surface area contributed by atoms with Gasteiger partial charge < -0.3 is 5.32 Å².